The molecule has 8 N–H and O–H groups in total. The zero-order valence-corrected chi connectivity index (χ0v) is 23.5. The Morgan fingerprint density at radius 1 is 0.714 bits per heavy atom. The molecule has 42 heavy (non-hydrogen) atoms. The van der Waals surface area contributed by atoms with Gasteiger partial charge >= 0.3 is 30.1 Å². The highest BCUT2D eigenvalue weighted by atomic mass is 19.4. The minimum atomic E-state index is -5.08. The van der Waals surface area contributed by atoms with Crippen LogP contribution in [0.1, 0.15) is 90.4 Å². The van der Waals surface area contributed by atoms with Gasteiger partial charge in [-0.2, -0.15) is 13.2 Å². The molecule has 0 aromatic rings. The summed E-state index contributed by atoms with van der Waals surface area (Å²) in [6, 6.07) is -3.89. The molecule has 0 rings (SSSR count). The van der Waals surface area contributed by atoms with E-state index in [0.717, 1.165) is 25.3 Å². The normalized spacial score (nSPS) is 13.3. The van der Waals surface area contributed by atoms with E-state index in [1.165, 1.54) is 38.2 Å². The van der Waals surface area contributed by atoms with E-state index < -0.39 is 60.0 Å². The van der Waals surface area contributed by atoms with Crippen LogP contribution in [0, 0.1) is 0 Å². The first-order valence-electron chi connectivity index (χ1n) is 13.5. The third-order valence-electron chi connectivity index (χ3n) is 5.68. The zero-order chi connectivity index (χ0) is 32.7. The Kier molecular flexibility index (Phi) is 22.1. The fourth-order valence-corrected chi connectivity index (χ4v) is 3.33. The number of carbonyl (C=O) groups excluding carboxylic acids is 2. The van der Waals surface area contributed by atoms with E-state index in [4.69, 9.17) is 20.7 Å². The van der Waals surface area contributed by atoms with Crippen LogP contribution < -0.4 is 16.4 Å². The molecule has 0 saturated heterocycles. The van der Waals surface area contributed by atoms with E-state index in [-0.39, 0.29) is 25.7 Å². The molecule has 0 aliphatic rings. The predicted molar refractivity (Wildman–Crippen MR) is 143 cm³/mol. The number of aliphatic carboxylic acids is 4. The van der Waals surface area contributed by atoms with Crippen molar-refractivity contribution in [1.82, 2.24) is 10.6 Å². The molecule has 0 saturated carbocycles. The van der Waals surface area contributed by atoms with Crippen molar-refractivity contribution in [3.05, 3.63) is 12.2 Å². The van der Waals surface area contributed by atoms with Gasteiger partial charge in [0.25, 0.3) is 0 Å². The minimum absolute atomic E-state index is 0.195. The zero-order valence-electron chi connectivity index (χ0n) is 23.5. The van der Waals surface area contributed by atoms with Crippen LogP contribution in [0.15, 0.2) is 12.2 Å². The number of carbonyl (C=O) groups is 6. The summed E-state index contributed by atoms with van der Waals surface area (Å²) in [5.41, 5.74) is 5.29. The number of hydrogen-bond donors (Lipinski definition) is 7. The van der Waals surface area contributed by atoms with Crippen LogP contribution in [0.4, 0.5) is 13.2 Å². The second kappa shape index (κ2) is 22.9. The first-order valence-corrected chi connectivity index (χ1v) is 13.5. The summed E-state index contributed by atoms with van der Waals surface area (Å²) in [4.78, 5) is 66.5. The largest absolute Gasteiger partial charge is 0.490 e. The first kappa shape index (κ1) is 40.4. The summed E-state index contributed by atoms with van der Waals surface area (Å²) in [5.74, 6) is -7.75. The monoisotopic (exact) mass is 613 g/mol. The Morgan fingerprint density at radius 2 is 1.14 bits per heavy atom. The fraction of sp³-hybridized carbons (Fsp3) is 0.692. The van der Waals surface area contributed by atoms with Crippen molar-refractivity contribution < 1.29 is 62.4 Å². The summed E-state index contributed by atoms with van der Waals surface area (Å²) >= 11 is 0. The molecule has 242 valence electrons. The lowest BCUT2D eigenvalue weighted by Gasteiger charge is -2.16. The lowest BCUT2D eigenvalue weighted by molar-refractivity contribution is -0.192. The Labute approximate surface area is 241 Å². The number of amides is 2. The molecule has 0 aliphatic carbocycles. The lowest BCUT2D eigenvalue weighted by atomic mass is 10.1. The van der Waals surface area contributed by atoms with E-state index in [1.54, 1.807) is 0 Å². The molecule has 0 unspecified atom stereocenters. The Hall–Kier alpha value is -3.69. The van der Waals surface area contributed by atoms with Crippen LogP contribution in [0.2, 0.25) is 0 Å². The van der Waals surface area contributed by atoms with Crippen LogP contribution in [-0.2, 0) is 28.8 Å². The molecule has 2 amide bonds. The second-order valence-corrected chi connectivity index (χ2v) is 9.36. The van der Waals surface area contributed by atoms with Crippen molar-refractivity contribution >= 4 is 35.7 Å². The second-order valence-electron chi connectivity index (χ2n) is 9.36. The number of hydrogen-bond acceptors (Lipinski definition) is 7. The topological polar surface area (TPSA) is 233 Å². The van der Waals surface area contributed by atoms with Gasteiger partial charge in [-0.1, -0.05) is 70.4 Å². The van der Waals surface area contributed by atoms with E-state index in [2.05, 4.69) is 17.6 Å². The molecule has 13 nitrogen and oxygen atoms in total. The molecule has 3 atom stereocenters. The maximum atomic E-state index is 12.1. The van der Waals surface area contributed by atoms with E-state index in [9.17, 15) is 47.4 Å². The standard InChI is InChI=1S/C24H41N3O8.C2HF3O2/c1-2-3-4-5-6-7-8-9-10-14-20(28)27-19(24(34)35)15-16-21(29)26-18(23(32)33)13-11-12-17(25)22(30)31;3-2(4,5)1(6)7/h11-12,17-19H,2-10,13-16,25H2,1H3,(H,26,29)(H,27,28)(H,30,31)(H,32,33)(H,34,35);(H,6,7)/b12-11+;/t17-,18+,19-;/m1./s1. The summed E-state index contributed by atoms with van der Waals surface area (Å²) in [7, 11) is 0. The summed E-state index contributed by atoms with van der Waals surface area (Å²) < 4.78 is 31.7. The maximum Gasteiger partial charge on any atom is 0.490 e. The van der Waals surface area contributed by atoms with Gasteiger partial charge in [0, 0.05) is 12.8 Å². The maximum absolute atomic E-state index is 12.1. The van der Waals surface area contributed by atoms with E-state index in [1.807, 2.05) is 0 Å². The van der Waals surface area contributed by atoms with Crippen LogP contribution in [0.3, 0.4) is 0 Å². The molecular formula is C26H42F3N3O10. The van der Waals surface area contributed by atoms with Gasteiger partial charge in [0.15, 0.2) is 0 Å². The van der Waals surface area contributed by atoms with Gasteiger partial charge in [0.05, 0.1) is 0 Å². The van der Waals surface area contributed by atoms with Crippen molar-refractivity contribution in [2.24, 2.45) is 5.73 Å². The number of nitrogens with one attached hydrogen (secondary N) is 2. The molecule has 0 heterocycles. The van der Waals surface area contributed by atoms with Crippen molar-refractivity contribution in [3.63, 3.8) is 0 Å². The molecule has 0 bridgehead atoms. The van der Waals surface area contributed by atoms with Crippen LogP contribution in [0.5, 0.6) is 0 Å². The van der Waals surface area contributed by atoms with E-state index in [0.29, 0.717) is 6.42 Å². The third-order valence-corrected chi connectivity index (χ3v) is 5.68. The third kappa shape index (κ3) is 23.1. The first-order chi connectivity index (χ1) is 19.5. The van der Waals surface area contributed by atoms with Crippen LogP contribution in [0.25, 0.3) is 0 Å². The number of rotatable bonds is 21. The van der Waals surface area contributed by atoms with Gasteiger partial charge in [-0.05, 0) is 19.3 Å². The molecule has 16 heteroatoms. The predicted octanol–water partition coefficient (Wildman–Crippen LogP) is 2.82. The van der Waals surface area contributed by atoms with Crippen molar-refractivity contribution in [3.8, 4) is 0 Å². The number of halogens is 3. The van der Waals surface area contributed by atoms with Gasteiger partial charge in [-0.15, -0.1) is 0 Å². The molecular weight excluding hydrogens is 571 g/mol. The van der Waals surface area contributed by atoms with Gasteiger partial charge in [-0.25, -0.2) is 14.4 Å². The van der Waals surface area contributed by atoms with Crippen LogP contribution in [-0.4, -0.2) is 80.4 Å². The number of carboxylic acid groups (broad SMARTS) is 4. The summed E-state index contributed by atoms with van der Waals surface area (Å²) in [5, 5.41) is 39.1. The fourth-order valence-electron chi connectivity index (χ4n) is 3.33. The quantitative estimate of drug-likeness (QED) is 0.0734. The highest BCUT2D eigenvalue weighted by Crippen LogP contribution is 2.13. The van der Waals surface area contributed by atoms with Gasteiger partial charge in [-0.3, -0.25) is 14.4 Å². The Bertz CT molecular complexity index is 897. The molecule has 0 spiro atoms. The number of alkyl halides is 3. The van der Waals surface area contributed by atoms with Gasteiger partial charge in [0.1, 0.15) is 18.1 Å². The van der Waals surface area contributed by atoms with Crippen molar-refractivity contribution in [2.45, 2.75) is 115 Å². The summed E-state index contributed by atoms with van der Waals surface area (Å²) in [6.07, 6.45) is 6.61. The smallest absolute Gasteiger partial charge is 0.480 e. The van der Waals surface area contributed by atoms with Gasteiger partial charge in [0.2, 0.25) is 11.8 Å². The number of carboxylic acids is 4. The summed E-state index contributed by atoms with van der Waals surface area (Å²) in [6.45, 7) is 2.17. The van der Waals surface area contributed by atoms with E-state index >= 15 is 0 Å². The lowest BCUT2D eigenvalue weighted by Crippen LogP contribution is -2.43. The molecule has 0 radical (unpaired) electrons. The SMILES string of the molecule is CCCCCCCCCCCC(=O)N[C@H](CCC(=O)N[C@@H](C/C=C/[C@@H](N)C(=O)O)C(=O)O)C(=O)O.O=C(O)C(F)(F)F. The Balaban J connectivity index is 0. The minimum Gasteiger partial charge on any atom is -0.480 e. The number of nitrogens with two attached hydrogens (primary N) is 1. The number of unbranched alkanes of at least 4 members (excludes halogenated alkanes) is 8. The average Bonchev–Trinajstić information content (AvgIpc) is 2.88. The highest BCUT2D eigenvalue weighted by molar-refractivity contribution is 5.86. The Morgan fingerprint density at radius 3 is 1.57 bits per heavy atom. The average molecular weight is 614 g/mol. The molecule has 0 fully saturated rings. The van der Waals surface area contributed by atoms with Gasteiger partial charge < -0.3 is 36.8 Å². The van der Waals surface area contributed by atoms with Crippen molar-refractivity contribution in [1.29, 1.82) is 0 Å². The highest BCUT2D eigenvalue weighted by Gasteiger charge is 2.38. The molecule has 0 aromatic carbocycles. The van der Waals surface area contributed by atoms with Crippen molar-refractivity contribution in [2.75, 3.05) is 0 Å². The van der Waals surface area contributed by atoms with Crippen LogP contribution >= 0.6 is 0 Å². The molecule has 0 aliphatic heterocycles. The molecule has 0 aromatic heterocycles.